The van der Waals surface area contributed by atoms with Crippen molar-refractivity contribution in [1.82, 2.24) is 14.8 Å². The predicted octanol–water partition coefficient (Wildman–Crippen LogP) is 8.27. The van der Waals surface area contributed by atoms with Gasteiger partial charge in [-0.2, -0.15) is 10.1 Å². The number of ether oxygens (including phenoxy) is 3. The molecule has 3 N–H and O–H groups in total. The molecule has 9 nitrogen and oxygen atoms in total. The fraction of sp³-hybridized carbons (Fsp3) is 0.359. The molecule has 9 heteroatoms. The second-order valence-electron chi connectivity index (χ2n) is 13.7. The third-order valence-corrected chi connectivity index (χ3v) is 9.06. The number of amides is 1. The van der Waals surface area contributed by atoms with Gasteiger partial charge in [0.15, 0.2) is 0 Å². The molecule has 0 spiro atoms. The minimum atomic E-state index is -0.697. The van der Waals surface area contributed by atoms with Crippen LogP contribution in [-0.4, -0.2) is 33.0 Å². The lowest BCUT2D eigenvalue weighted by Crippen LogP contribution is -2.42. The number of anilines is 1. The number of benzene rings is 3. The Balaban J connectivity index is 1.20. The number of carbonyl (C=O) groups is 1. The molecule has 1 amide bonds. The molecule has 1 unspecified atom stereocenters. The first-order chi connectivity index (χ1) is 23.1. The Morgan fingerprint density at radius 2 is 1.54 bits per heavy atom. The summed E-state index contributed by atoms with van der Waals surface area (Å²) in [6.45, 7) is 7.09. The molecule has 1 aliphatic rings. The maximum Gasteiger partial charge on any atom is 0.404 e. The highest BCUT2D eigenvalue weighted by Crippen LogP contribution is 2.39. The van der Waals surface area contributed by atoms with Crippen LogP contribution in [-0.2, 0) is 25.0 Å². The zero-order valence-corrected chi connectivity index (χ0v) is 28.2. The van der Waals surface area contributed by atoms with E-state index >= 15 is 0 Å². The molecule has 5 aromatic rings. The Morgan fingerprint density at radius 3 is 2.17 bits per heavy atom. The number of fused-ring (bicyclic) bond motifs is 1. The molecule has 2 heterocycles. The Bertz CT molecular complexity index is 1830. The Labute approximate surface area is 282 Å². The molecule has 48 heavy (non-hydrogen) atoms. The largest absolute Gasteiger partial charge is 0.473 e. The van der Waals surface area contributed by atoms with Gasteiger partial charge in [-0.3, -0.25) is 4.68 Å². The lowest BCUT2D eigenvalue weighted by molar-refractivity contribution is -0.0156. The van der Waals surface area contributed by atoms with Crippen LogP contribution in [0.3, 0.4) is 0 Å². The number of aryl methyl sites for hydroxylation is 1. The van der Waals surface area contributed by atoms with Gasteiger partial charge in [-0.05, 0) is 72.4 Å². The summed E-state index contributed by atoms with van der Waals surface area (Å²) in [7, 11) is 1.96. The van der Waals surface area contributed by atoms with Crippen LogP contribution in [0.2, 0.25) is 0 Å². The Hall–Kier alpha value is -5.05. The van der Waals surface area contributed by atoms with Crippen LogP contribution in [0.15, 0.2) is 91.0 Å². The first-order valence-electron chi connectivity index (χ1n) is 16.7. The van der Waals surface area contributed by atoms with Crippen LogP contribution in [0.4, 0.5) is 10.5 Å². The van der Waals surface area contributed by atoms with E-state index in [0.717, 1.165) is 64.7 Å². The Morgan fingerprint density at radius 1 is 0.896 bits per heavy atom. The molecule has 0 aliphatic heterocycles. The summed E-state index contributed by atoms with van der Waals surface area (Å²) in [5.41, 5.74) is 11.0. The fourth-order valence-corrected chi connectivity index (χ4v) is 6.70. The van der Waals surface area contributed by atoms with E-state index in [1.54, 1.807) is 0 Å². The maximum atomic E-state index is 11.6. The van der Waals surface area contributed by atoms with Crippen molar-refractivity contribution in [2.75, 3.05) is 5.32 Å². The van der Waals surface area contributed by atoms with E-state index in [2.05, 4.69) is 44.3 Å². The molecule has 2 aromatic heterocycles. The van der Waals surface area contributed by atoms with Crippen molar-refractivity contribution in [3.05, 3.63) is 102 Å². The number of hydrogen-bond donors (Lipinski definition) is 2. The van der Waals surface area contributed by atoms with Gasteiger partial charge in [0.1, 0.15) is 25.0 Å². The van der Waals surface area contributed by atoms with E-state index in [4.69, 9.17) is 30.0 Å². The zero-order chi connectivity index (χ0) is 33.7. The summed E-state index contributed by atoms with van der Waals surface area (Å²) in [5, 5.41) is 9.69. The molecule has 1 aliphatic carbocycles. The highest BCUT2D eigenvalue weighted by Gasteiger charge is 2.37. The topological polar surface area (TPSA) is 114 Å². The third-order valence-electron chi connectivity index (χ3n) is 9.06. The van der Waals surface area contributed by atoms with Gasteiger partial charge in [0.05, 0.1) is 11.1 Å². The van der Waals surface area contributed by atoms with Crippen molar-refractivity contribution < 1.29 is 19.0 Å². The smallest absolute Gasteiger partial charge is 0.404 e. The number of nitrogens with one attached hydrogen (secondary N) is 1. The maximum absolute atomic E-state index is 11.6. The molecule has 1 fully saturated rings. The number of nitrogens with zero attached hydrogens (tertiary/aromatic N) is 3. The van der Waals surface area contributed by atoms with Gasteiger partial charge in [-0.25, -0.2) is 4.79 Å². The van der Waals surface area contributed by atoms with Gasteiger partial charge >= 0.3 is 6.09 Å². The highest BCUT2D eigenvalue weighted by atomic mass is 16.6. The van der Waals surface area contributed by atoms with Gasteiger partial charge < -0.3 is 25.3 Å². The number of rotatable bonds is 11. The van der Waals surface area contributed by atoms with Crippen LogP contribution in [0.25, 0.3) is 22.2 Å². The minimum absolute atomic E-state index is 0.167. The molecule has 1 atom stereocenters. The van der Waals surface area contributed by atoms with E-state index in [9.17, 15) is 4.79 Å². The summed E-state index contributed by atoms with van der Waals surface area (Å²) < 4.78 is 19.9. The second kappa shape index (κ2) is 14.4. The van der Waals surface area contributed by atoms with E-state index < -0.39 is 6.09 Å². The second-order valence-corrected chi connectivity index (χ2v) is 13.7. The third kappa shape index (κ3) is 7.90. The minimum Gasteiger partial charge on any atom is -0.473 e. The van der Waals surface area contributed by atoms with Gasteiger partial charge in [0.25, 0.3) is 0 Å². The fourth-order valence-electron chi connectivity index (χ4n) is 6.70. The van der Waals surface area contributed by atoms with Crippen molar-refractivity contribution in [2.24, 2.45) is 24.1 Å². The molecular formula is C39H45N5O4. The first kappa shape index (κ1) is 32.9. The van der Waals surface area contributed by atoms with E-state index in [1.165, 1.54) is 0 Å². The monoisotopic (exact) mass is 647 g/mol. The Kier molecular flexibility index (Phi) is 9.85. The number of hydrogen-bond acceptors (Lipinski definition) is 7. The van der Waals surface area contributed by atoms with Gasteiger partial charge in [0.2, 0.25) is 11.8 Å². The molecule has 0 saturated heterocycles. The lowest BCUT2D eigenvalue weighted by Gasteiger charge is -2.39. The van der Waals surface area contributed by atoms with Crippen molar-refractivity contribution in [1.29, 1.82) is 0 Å². The lowest BCUT2D eigenvalue weighted by atomic mass is 9.73. The van der Waals surface area contributed by atoms with E-state index in [0.29, 0.717) is 36.9 Å². The number of aromatic nitrogens is 3. The molecule has 250 valence electrons. The van der Waals surface area contributed by atoms with E-state index in [-0.39, 0.29) is 11.5 Å². The average molecular weight is 648 g/mol. The van der Waals surface area contributed by atoms with Crippen molar-refractivity contribution in [2.45, 2.75) is 71.8 Å². The first-order valence-corrected chi connectivity index (χ1v) is 16.7. The molecule has 1 saturated carbocycles. The van der Waals surface area contributed by atoms with Crippen LogP contribution in [0, 0.1) is 11.3 Å². The van der Waals surface area contributed by atoms with Crippen LogP contribution in [0.5, 0.6) is 11.8 Å². The summed E-state index contributed by atoms with van der Waals surface area (Å²) >= 11 is 0. The number of carbonyl (C=O) groups excluding carboxylic acids is 1. The summed E-state index contributed by atoms with van der Waals surface area (Å²) in [6.07, 6.45) is 3.02. The summed E-state index contributed by atoms with van der Waals surface area (Å²) in [5.74, 6) is 1.25. The SMILES string of the molecule is Cn1nc(-c2ccc(OCc3ccccc3)nc2OCc2ccccc2)c2ccc(NC3CCC(C(OC(N)=O)C(C)(C)C)CC3)cc21. The molecule has 0 radical (unpaired) electrons. The normalized spacial score (nSPS) is 17.1. The molecule has 6 rings (SSSR count). The zero-order valence-electron chi connectivity index (χ0n) is 28.2. The van der Waals surface area contributed by atoms with Crippen molar-refractivity contribution in [3.63, 3.8) is 0 Å². The summed E-state index contributed by atoms with van der Waals surface area (Å²) in [4.78, 5) is 16.4. The van der Waals surface area contributed by atoms with Crippen molar-refractivity contribution in [3.8, 4) is 23.0 Å². The van der Waals surface area contributed by atoms with Crippen LogP contribution in [0.1, 0.15) is 57.6 Å². The standard InChI is InChI=1S/C39H45N5O4/c1-39(2,3)36(48-38(40)45)28-15-17-29(18-16-28)41-30-19-20-31-33(23-30)44(4)43-35(31)32-21-22-34(46-24-26-11-7-5-8-12-26)42-37(32)47-25-27-13-9-6-10-14-27/h5-14,19-23,28-29,36,41H,15-18,24-25H2,1-4H3,(H2,40,45). The van der Waals surface area contributed by atoms with Gasteiger partial charge in [-0.1, -0.05) is 81.4 Å². The predicted molar refractivity (Wildman–Crippen MR) is 189 cm³/mol. The molecule has 0 bridgehead atoms. The van der Waals surface area contributed by atoms with Crippen LogP contribution >= 0.6 is 0 Å². The van der Waals surface area contributed by atoms with Gasteiger partial charge in [0, 0.05) is 30.2 Å². The highest BCUT2D eigenvalue weighted by molar-refractivity contribution is 5.96. The number of nitrogens with two attached hydrogens (primary N) is 1. The molecular weight excluding hydrogens is 602 g/mol. The van der Waals surface area contributed by atoms with Crippen molar-refractivity contribution >= 4 is 22.7 Å². The average Bonchev–Trinajstić information content (AvgIpc) is 3.41. The van der Waals surface area contributed by atoms with Gasteiger partial charge in [-0.15, -0.1) is 0 Å². The summed E-state index contributed by atoms with van der Waals surface area (Å²) in [6, 6.07) is 30.6. The molecule has 3 aromatic carbocycles. The quantitative estimate of drug-likeness (QED) is 0.148. The number of pyridine rings is 1. The van der Waals surface area contributed by atoms with E-state index in [1.807, 2.05) is 84.5 Å². The number of primary amides is 1. The van der Waals surface area contributed by atoms with Crippen LogP contribution < -0.4 is 20.5 Å².